The molecule has 3 heterocycles. The monoisotopic (exact) mass is 477 g/mol. The zero-order valence-electron chi connectivity index (χ0n) is 18.2. The molecular formula is C20H24ClN7O5. The maximum absolute atomic E-state index is 12.0. The minimum Gasteiger partial charge on any atom is -0.497 e. The average Bonchev–Trinajstić information content (AvgIpc) is 3.37. The Morgan fingerprint density at radius 1 is 1.33 bits per heavy atom. The number of imidazole rings is 1. The number of fused-ring (bicyclic) bond motifs is 1. The lowest BCUT2D eigenvalue weighted by Crippen LogP contribution is -2.46. The topological polar surface area (TPSA) is 159 Å². The Morgan fingerprint density at radius 2 is 2.12 bits per heavy atom. The van der Waals surface area contributed by atoms with Gasteiger partial charge in [0.2, 0.25) is 5.28 Å². The summed E-state index contributed by atoms with van der Waals surface area (Å²) in [4.78, 5) is 24.9. The molecule has 0 unspecified atom stereocenters. The number of halogens is 1. The predicted octanol–water partition coefficient (Wildman–Crippen LogP) is 0.441. The van der Waals surface area contributed by atoms with E-state index in [0.29, 0.717) is 35.0 Å². The summed E-state index contributed by atoms with van der Waals surface area (Å²) in [6, 6.07) is 4.52. The van der Waals surface area contributed by atoms with E-state index in [1.54, 1.807) is 26.4 Å². The summed E-state index contributed by atoms with van der Waals surface area (Å²) in [6.45, 7) is 0.335. The second-order valence-electron chi connectivity index (χ2n) is 7.33. The number of benzene rings is 1. The highest BCUT2D eigenvalue weighted by Gasteiger charge is 2.46. The molecular weight excluding hydrogens is 454 g/mol. The Bertz CT molecular complexity index is 1170. The first-order chi connectivity index (χ1) is 15.9. The quantitative estimate of drug-likeness (QED) is 0.352. The number of rotatable bonds is 7. The van der Waals surface area contributed by atoms with Crippen molar-refractivity contribution in [1.82, 2.24) is 24.8 Å². The SMILES string of the molecule is CNC(=O)[C@H]1O[C@@H](n2cnc3c(NCc4cc(OC)ccc4OC)nc(Cl)nc32)[C@H](O)[C@@H]1N. The van der Waals surface area contributed by atoms with Crippen LogP contribution in [0.1, 0.15) is 11.8 Å². The van der Waals surface area contributed by atoms with Gasteiger partial charge in [0.15, 0.2) is 29.3 Å². The molecule has 1 aliphatic rings. The molecule has 4 rings (SSSR count). The fourth-order valence-electron chi connectivity index (χ4n) is 3.70. The van der Waals surface area contributed by atoms with Crippen molar-refractivity contribution < 1.29 is 24.1 Å². The molecule has 1 amide bonds. The number of anilines is 1. The number of aromatic nitrogens is 4. The number of methoxy groups -OCH3 is 2. The Balaban J connectivity index is 1.65. The molecule has 1 aliphatic heterocycles. The first kappa shape index (κ1) is 23.0. The Kier molecular flexibility index (Phi) is 6.51. The lowest BCUT2D eigenvalue weighted by atomic mass is 10.1. The molecule has 5 N–H and O–H groups in total. The number of carbonyl (C=O) groups is 1. The van der Waals surface area contributed by atoms with Crippen molar-refractivity contribution in [2.24, 2.45) is 5.73 Å². The van der Waals surface area contributed by atoms with Crippen LogP contribution < -0.4 is 25.8 Å². The highest BCUT2D eigenvalue weighted by Crippen LogP contribution is 2.33. The fraction of sp³-hybridized carbons (Fsp3) is 0.400. The van der Waals surface area contributed by atoms with E-state index in [9.17, 15) is 9.90 Å². The van der Waals surface area contributed by atoms with Crippen molar-refractivity contribution in [1.29, 1.82) is 0 Å². The maximum Gasteiger partial charge on any atom is 0.250 e. The molecule has 176 valence electrons. The molecule has 2 aromatic heterocycles. The van der Waals surface area contributed by atoms with E-state index in [4.69, 9.17) is 31.5 Å². The number of nitrogens with zero attached hydrogens (tertiary/aromatic N) is 4. The summed E-state index contributed by atoms with van der Waals surface area (Å²) in [7, 11) is 4.63. The van der Waals surface area contributed by atoms with Crippen molar-refractivity contribution >= 4 is 34.5 Å². The van der Waals surface area contributed by atoms with E-state index >= 15 is 0 Å². The molecule has 0 saturated carbocycles. The Labute approximate surface area is 194 Å². The van der Waals surface area contributed by atoms with E-state index in [1.165, 1.54) is 17.9 Å². The number of likely N-dealkylation sites (N-methyl/N-ethyl adjacent to an activating group) is 1. The van der Waals surface area contributed by atoms with Gasteiger partial charge >= 0.3 is 0 Å². The molecule has 0 bridgehead atoms. The lowest BCUT2D eigenvalue weighted by Gasteiger charge is -2.17. The molecule has 1 fully saturated rings. The van der Waals surface area contributed by atoms with Gasteiger partial charge in [0.25, 0.3) is 5.91 Å². The van der Waals surface area contributed by atoms with Crippen LogP contribution in [0.15, 0.2) is 24.5 Å². The third-order valence-corrected chi connectivity index (χ3v) is 5.60. The molecule has 13 heteroatoms. The summed E-state index contributed by atoms with van der Waals surface area (Å²) in [5.41, 5.74) is 7.53. The summed E-state index contributed by atoms with van der Waals surface area (Å²) in [5, 5.41) is 16.2. The van der Waals surface area contributed by atoms with Gasteiger partial charge in [0, 0.05) is 19.2 Å². The molecule has 0 aliphatic carbocycles. The molecule has 3 aromatic rings. The van der Waals surface area contributed by atoms with E-state index < -0.39 is 30.4 Å². The highest BCUT2D eigenvalue weighted by molar-refractivity contribution is 6.28. The third kappa shape index (κ3) is 4.25. The van der Waals surface area contributed by atoms with Crippen molar-refractivity contribution in [3.8, 4) is 11.5 Å². The standard InChI is InChI=1S/C20H24ClN7O5/c1-23-18(30)15-12(22)14(29)19(33-15)28-8-25-13-16(26-20(21)27-17(13)28)24-7-9-6-10(31-2)4-5-11(9)32-3/h4-6,8,12,14-15,19,29H,7,22H2,1-3H3,(H,23,30)(H,24,26,27)/t12-,14+,15-,19+/m0/s1. The van der Waals surface area contributed by atoms with Crippen LogP contribution in [0.5, 0.6) is 11.5 Å². The number of ether oxygens (including phenoxy) is 3. The van der Waals surface area contributed by atoms with Gasteiger partial charge in [0.1, 0.15) is 17.6 Å². The summed E-state index contributed by atoms with van der Waals surface area (Å²) >= 11 is 6.17. The number of nitrogens with two attached hydrogens (primary N) is 1. The molecule has 0 spiro atoms. The lowest BCUT2D eigenvalue weighted by molar-refractivity contribution is -0.134. The van der Waals surface area contributed by atoms with Crippen LogP contribution in [0.3, 0.4) is 0 Å². The van der Waals surface area contributed by atoms with E-state index in [2.05, 4.69) is 25.6 Å². The number of aliphatic hydroxyl groups is 1. The predicted molar refractivity (Wildman–Crippen MR) is 119 cm³/mol. The molecule has 12 nitrogen and oxygen atoms in total. The van der Waals surface area contributed by atoms with E-state index in [1.807, 2.05) is 6.07 Å². The smallest absolute Gasteiger partial charge is 0.250 e. The summed E-state index contributed by atoms with van der Waals surface area (Å²) < 4.78 is 17.9. The van der Waals surface area contributed by atoms with Crippen molar-refractivity contribution in [2.45, 2.75) is 31.0 Å². The minimum absolute atomic E-state index is 0.0380. The number of hydrogen-bond acceptors (Lipinski definition) is 10. The van der Waals surface area contributed by atoms with Crippen LogP contribution in [-0.4, -0.2) is 70.0 Å². The largest absolute Gasteiger partial charge is 0.497 e. The maximum atomic E-state index is 12.0. The Morgan fingerprint density at radius 3 is 2.82 bits per heavy atom. The van der Waals surface area contributed by atoms with Gasteiger partial charge in [-0.05, 0) is 29.8 Å². The zero-order chi connectivity index (χ0) is 23.7. The van der Waals surface area contributed by atoms with Gasteiger partial charge in [-0.1, -0.05) is 0 Å². The molecule has 1 aromatic carbocycles. The first-order valence-electron chi connectivity index (χ1n) is 10.0. The highest BCUT2D eigenvalue weighted by atomic mass is 35.5. The normalized spacial score (nSPS) is 22.4. The number of carbonyl (C=O) groups excluding carboxylic acids is 1. The van der Waals surface area contributed by atoms with Crippen LogP contribution in [0.4, 0.5) is 5.82 Å². The molecule has 0 radical (unpaired) electrons. The third-order valence-electron chi connectivity index (χ3n) is 5.43. The number of amides is 1. The van der Waals surface area contributed by atoms with Crippen LogP contribution >= 0.6 is 11.6 Å². The van der Waals surface area contributed by atoms with Crippen LogP contribution in [-0.2, 0) is 16.1 Å². The first-order valence-corrected chi connectivity index (χ1v) is 10.4. The summed E-state index contributed by atoms with van der Waals surface area (Å²) in [5.74, 6) is 1.28. The molecule has 33 heavy (non-hydrogen) atoms. The fourth-order valence-corrected chi connectivity index (χ4v) is 3.86. The van der Waals surface area contributed by atoms with Crippen molar-refractivity contribution in [2.75, 3.05) is 26.6 Å². The second kappa shape index (κ2) is 9.35. The number of hydrogen-bond donors (Lipinski definition) is 4. The van der Waals surface area contributed by atoms with Gasteiger partial charge in [0.05, 0.1) is 26.6 Å². The van der Waals surface area contributed by atoms with Gasteiger partial charge < -0.3 is 35.7 Å². The summed E-state index contributed by atoms with van der Waals surface area (Å²) in [6.07, 6.45) is -1.75. The van der Waals surface area contributed by atoms with Gasteiger partial charge in [-0.3, -0.25) is 9.36 Å². The Hall–Kier alpha value is -3.19. The molecule has 1 saturated heterocycles. The van der Waals surface area contributed by atoms with Crippen LogP contribution in [0.25, 0.3) is 11.2 Å². The minimum atomic E-state index is -1.17. The van der Waals surface area contributed by atoms with Crippen molar-refractivity contribution in [3.63, 3.8) is 0 Å². The van der Waals surface area contributed by atoms with E-state index in [-0.39, 0.29) is 5.28 Å². The number of aliphatic hydroxyl groups excluding tert-OH is 1. The number of nitrogens with one attached hydrogen (secondary N) is 2. The zero-order valence-corrected chi connectivity index (χ0v) is 18.9. The molecule has 4 atom stereocenters. The van der Waals surface area contributed by atoms with Crippen molar-refractivity contribution in [3.05, 3.63) is 35.4 Å². The van der Waals surface area contributed by atoms with Gasteiger partial charge in [-0.15, -0.1) is 0 Å². The van der Waals surface area contributed by atoms with Crippen LogP contribution in [0.2, 0.25) is 5.28 Å². The average molecular weight is 478 g/mol. The van der Waals surface area contributed by atoms with Gasteiger partial charge in [-0.2, -0.15) is 9.97 Å². The second-order valence-corrected chi connectivity index (χ2v) is 7.66. The van der Waals surface area contributed by atoms with Crippen LogP contribution in [0, 0.1) is 0 Å². The van der Waals surface area contributed by atoms with E-state index in [0.717, 1.165) is 5.56 Å². The van der Waals surface area contributed by atoms with Gasteiger partial charge in [-0.25, -0.2) is 4.98 Å².